The number of benzene rings is 2. The molecule has 2 aromatic heterocycles. The van der Waals surface area contributed by atoms with E-state index < -0.39 is 12.6 Å². The molecule has 1 amide bonds. The first-order valence-electron chi connectivity index (χ1n) is 10.7. The molecule has 0 bridgehead atoms. The van der Waals surface area contributed by atoms with Crippen LogP contribution in [0.4, 0.5) is 0 Å². The lowest BCUT2D eigenvalue weighted by Crippen LogP contribution is -2.31. The third kappa shape index (κ3) is 4.77. The van der Waals surface area contributed by atoms with Gasteiger partial charge >= 0.3 is 5.97 Å². The summed E-state index contributed by atoms with van der Waals surface area (Å²) in [7, 11) is 0. The molecule has 4 rings (SSSR count). The summed E-state index contributed by atoms with van der Waals surface area (Å²) in [6, 6.07) is 16.9. The third-order valence-corrected chi connectivity index (χ3v) is 5.65. The second-order valence-electron chi connectivity index (χ2n) is 8.08. The van der Waals surface area contributed by atoms with Crippen LogP contribution in [0.1, 0.15) is 45.7 Å². The summed E-state index contributed by atoms with van der Waals surface area (Å²) < 4.78 is 10.6. The van der Waals surface area contributed by atoms with E-state index in [4.69, 9.17) is 9.26 Å². The average molecular weight is 444 g/mol. The van der Waals surface area contributed by atoms with Gasteiger partial charge in [-0.25, -0.2) is 9.78 Å². The van der Waals surface area contributed by atoms with Crippen LogP contribution in [0.25, 0.3) is 22.4 Å². The van der Waals surface area contributed by atoms with Crippen molar-refractivity contribution in [3.05, 3.63) is 82.5 Å². The molecule has 168 valence electrons. The quantitative estimate of drug-likeness (QED) is 0.428. The lowest BCUT2D eigenvalue weighted by molar-refractivity contribution is -0.124. The zero-order valence-corrected chi connectivity index (χ0v) is 19.0. The fourth-order valence-corrected chi connectivity index (χ4v) is 3.62. The van der Waals surface area contributed by atoms with Crippen molar-refractivity contribution in [1.82, 2.24) is 15.5 Å². The SMILES string of the molecule is Cc1ccc(C(C)NC(=O)COC(=O)c2cc(-c3ccccc3)nc3onc(C)c23)cc1C. The second-order valence-corrected chi connectivity index (χ2v) is 8.08. The van der Waals surface area contributed by atoms with Crippen LogP contribution in [-0.4, -0.2) is 28.6 Å². The molecule has 0 saturated heterocycles. The van der Waals surface area contributed by atoms with Crippen LogP contribution in [0.5, 0.6) is 0 Å². The average Bonchev–Trinajstić information content (AvgIpc) is 3.20. The minimum absolute atomic E-state index is 0.215. The second kappa shape index (κ2) is 9.24. The van der Waals surface area contributed by atoms with Gasteiger partial charge in [0, 0.05) is 5.56 Å². The normalized spacial score (nSPS) is 11.9. The van der Waals surface area contributed by atoms with Crippen molar-refractivity contribution in [1.29, 1.82) is 0 Å². The molecular formula is C26H25N3O4. The number of rotatable bonds is 6. The van der Waals surface area contributed by atoms with Crippen molar-refractivity contribution in [2.45, 2.75) is 33.7 Å². The molecule has 2 heterocycles. The van der Waals surface area contributed by atoms with Gasteiger partial charge in [0.05, 0.1) is 28.4 Å². The largest absolute Gasteiger partial charge is 0.452 e. The number of aryl methyl sites for hydroxylation is 3. The number of hydrogen-bond donors (Lipinski definition) is 1. The molecule has 0 aliphatic rings. The van der Waals surface area contributed by atoms with Crippen LogP contribution in [0.15, 0.2) is 59.1 Å². The Labute approximate surface area is 191 Å². The van der Waals surface area contributed by atoms with Crippen molar-refractivity contribution in [2.75, 3.05) is 6.61 Å². The number of pyridine rings is 1. The van der Waals surface area contributed by atoms with E-state index >= 15 is 0 Å². The van der Waals surface area contributed by atoms with Gasteiger partial charge in [0.1, 0.15) is 0 Å². The molecule has 0 saturated carbocycles. The maximum atomic E-state index is 12.9. The molecule has 7 heteroatoms. The molecule has 0 spiro atoms. The molecular weight excluding hydrogens is 418 g/mol. The van der Waals surface area contributed by atoms with Crippen molar-refractivity contribution in [2.24, 2.45) is 0 Å². The number of aromatic nitrogens is 2. The maximum Gasteiger partial charge on any atom is 0.339 e. The van der Waals surface area contributed by atoms with Crippen LogP contribution in [-0.2, 0) is 9.53 Å². The Morgan fingerprint density at radius 3 is 2.52 bits per heavy atom. The number of hydrogen-bond acceptors (Lipinski definition) is 6. The number of fused-ring (bicyclic) bond motifs is 1. The molecule has 0 aliphatic heterocycles. The highest BCUT2D eigenvalue weighted by atomic mass is 16.5. The molecule has 0 aliphatic carbocycles. The van der Waals surface area contributed by atoms with Crippen LogP contribution in [0.2, 0.25) is 0 Å². The van der Waals surface area contributed by atoms with Gasteiger partial charge in [0.2, 0.25) is 0 Å². The van der Waals surface area contributed by atoms with Crippen LogP contribution in [0, 0.1) is 20.8 Å². The Morgan fingerprint density at radius 1 is 1.03 bits per heavy atom. The summed E-state index contributed by atoms with van der Waals surface area (Å²) in [4.78, 5) is 29.9. The van der Waals surface area contributed by atoms with Crippen LogP contribution in [0.3, 0.4) is 0 Å². The number of nitrogens with one attached hydrogen (secondary N) is 1. The summed E-state index contributed by atoms with van der Waals surface area (Å²) in [5.74, 6) is -1.02. The Hall–Kier alpha value is -4.00. The van der Waals surface area contributed by atoms with E-state index in [0.717, 1.165) is 16.7 Å². The first kappa shape index (κ1) is 22.2. The molecule has 0 fully saturated rings. The Morgan fingerprint density at radius 2 is 1.79 bits per heavy atom. The van der Waals surface area contributed by atoms with E-state index in [-0.39, 0.29) is 23.2 Å². The lowest BCUT2D eigenvalue weighted by Gasteiger charge is -2.16. The van der Waals surface area contributed by atoms with E-state index in [9.17, 15) is 9.59 Å². The number of carbonyl (C=O) groups is 2. The van der Waals surface area contributed by atoms with E-state index in [2.05, 4.69) is 15.5 Å². The topological polar surface area (TPSA) is 94.3 Å². The van der Waals surface area contributed by atoms with Gasteiger partial charge in [-0.05, 0) is 50.5 Å². The molecule has 1 unspecified atom stereocenters. The van der Waals surface area contributed by atoms with Crippen LogP contribution >= 0.6 is 0 Å². The summed E-state index contributed by atoms with van der Waals surface area (Å²) in [6.45, 7) is 7.29. The maximum absolute atomic E-state index is 12.9. The fourth-order valence-electron chi connectivity index (χ4n) is 3.62. The minimum Gasteiger partial charge on any atom is -0.452 e. The van der Waals surface area contributed by atoms with Gasteiger partial charge in [0.25, 0.3) is 11.6 Å². The Kier molecular flexibility index (Phi) is 6.22. The predicted molar refractivity (Wildman–Crippen MR) is 125 cm³/mol. The van der Waals surface area contributed by atoms with E-state index in [1.165, 1.54) is 5.56 Å². The number of esters is 1. The zero-order chi connectivity index (χ0) is 23.5. The first-order valence-corrected chi connectivity index (χ1v) is 10.7. The number of carbonyl (C=O) groups excluding carboxylic acids is 2. The van der Waals surface area contributed by atoms with Gasteiger partial charge in [-0.1, -0.05) is 53.7 Å². The third-order valence-electron chi connectivity index (χ3n) is 5.65. The first-order chi connectivity index (χ1) is 15.8. The molecule has 33 heavy (non-hydrogen) atoms. The van der Waals surface area contributed by atoms with Crippen molar-refractivity contribution >= 4 is 23.0 Å². The van der Waals surface area contributed by atoms with Crippen molar-refractivity contribution in [3.8, 4) is 11.3 Å². The van der Waals surface area contributed by atoms with Crippen molar-refractivity contribution in [3.63, 3.8) is 0 Å². The molecule has 7 nitrogen and oxygen atoms in total. The van der Waals surface area contributed by atoms with E-state index in [1.54, 1.807) is 13.0 Å². The lowest BCUT2D eigenvalue weighted by atomic mass is 10.0. The highest BCUT2D eigenvalue weighted by Gasteiger charge is 2.21. The van der Waals surface area contributed by atoms with E-state index in [0.29, 0.717) is 16.8 Å². The van der Waals surface area contributed by atoms with E-state index in [1.807, 2.05) is 69.3 Å². The zero-order valence-electron chi connectivity index (χ0n) is 19.0. The number of amides is 1. The predicted octanol–water partition coefficient (Wildman–Crippen LogP) is 4.85. The fraction of sp³-hybridized carbons (Fsp3) is 0.231. The highest BCUT2D eigenvalue weighted by molar-refractivity contribution is 6.04. The van der Waals surface area contributed by atoms with Gasteiger partial charge < -0.3 is 14.6 Å². The molecule has 0 radical (unpaired) electrons. The number of nitrogens with zero attached hydrogens (tertiary/aromatic N) is 2. The van der Waals surface area contributed by atoms with Crippen LogP contribution < -0.4 is 5.32 Å². The van der Waals surface area contributed by atoms with Gasteiger partial charge in [-0.3, -0.25) is 4.79 Å². The van der Waals surface area contributed by atoms with Gasteiger partial charge in [-0.2, -0.15) is 0 Å². The minimum atomic E-state index is -0.639. The summed E-state index contributed by atoms with van der Waals surface area (Å²) >= 11 is 0. The molecule has 2 aromatic carbocycles. The van der Waals surface area contributed by atoms with Crippen molar-refractivity contribution < 1.29 is 18.8 Å². The highest BCUT2D eigenvalue weighted by Crippen LogP contribution is 2.27. The molecule has 1 atom stereocenters. The van der Waals surface area contributed by atoms with Gasteiger partial charge in [-0.15, -0.1) is 0 Å². The smallest absolute Gasteiger partial charge is 0.339 e. The summed E-state index contributed by atoms with van der Waals surface area (Å²) in [5, 5.41) is 7.28. The molecule has 4 aromatic rings. The number of ether oxygens (including phenoxy) is 1. The monoisotopic (exact) mass is 443 g/mol. The van der Waals surface area contributed by atoms with Gasteiger partial charge in [0.15, 0.2) is 6.61 Å². The molecule has 1 N–H and O–H groups in total. The Balaban J connectivity index is 1.50. The summed E-state index contributed by atoms with van der Waals surface area (Å²) in [5.41, 5.74) is 5.73. The Bertz CT molecular complexity index is 1330. The standard InChI is InChI=1S/C26H25N3O4/c1-15-10-11-20(12-16(15)2)17(3)27-23(30)14-32-26(31)21-13-22(19-8-6-5-7-9-19)28-25-24(21)18(4)29-33-25/h5-13,17H,14H2,1-4H3,(H,27,30). The summed E-state index contributed by atoms with van der Waals surface area (Å²) in [6.07, 6.45) is 0.